The molecule has 6 nitrogen and oxygen atoms in total. The predicted molar refractivity (Wildman–Crippen MR) is 77.8 cm³/mol. The Morgan fingerprint density at radius 2 is 2.05 bits per heavy atom. The largest absolute Gasteiger partial charge is 0.465 e. The van der Waals surface area contributed by atoms with E-state index in [1.165, 1.54) is 24.2 Å². The molecule has 0 aliphatic rings. The van der Waals surface area contributed by atoms with Crippen LogP contribution in [-0.4, -0.2) is 27.8 Å². The van der Waals surface area contributed by atoms with Gasteiger partial charge in [0.05, 0.1) is 23.7 Å². The molecule has 0 saturated carbocycles. The van der Waals surface area contributed by atoms with Gasteiger partial charge in [0.1, 0.15) is 5.56 Å². The number of fused-ring (bicyclic) bond motifs is 1. The van der Waals surface area contributed by atoms with E-state index >= 15 is 0 Å². The van der Waals surface area contributed by atoms with Gasteiger partial charge in [0.25, 0.3) is 5.56 Å². The first-order chi connectivity index (χ1) is 10.1. The smallest absolute Gasteiger partial charge is 0.341 e. The van der Waals surface area contributed by atoms with E-state index in [9.17, 15) is 9.59 Å². The summed E-state index contributed by atoms with van der Waals surface area (Å²) in [5.41, 5.74) is 2.08. The number of esters is 1. The molecule has 0 atom stereocenters. The molecule has 3 rings (SSSR count). The fraction of sp³-hybridized carbons (Fsp3) is 0.133. The highest BCUT2D eigenvalue weighted by atomic mass is 16.5. The van der Waals surface area contributed by atoms with E-state index in [0.717, 1.165) is 11.3 Å². The Hall–Kier alpha value is -2.89. The van der Waals surface area contributed by atoms with E-state index in [0.29, 0.717) is 10.9 Å². The van der Waals surface area contributed by atoms with Crippen molar-refractivity contribution >= 4 is 16.9 Å². The molecule has 6 heteroatoms. The number of methoxy groups -OCH3 is 1. The summed E-state index contributed by atoms with van der Waals surface area (Å²) in [5, 5.41) is 3.32. The molecule has 3 aromatic rings. The lowest BCUT2D eigenvalue weighted by Crippen LogP contribution is -2.15. The highest BCUT2D eigenvalue weighted by Gasteiger charge is 2.17. The number of H-pyrrole nitrogens is 1. The molecule has 0 aliphatic heterocycles. The summed E-state index contributed by atoms with van der Waals surface area (Å²) < 4.78 is 6.12. The summed E-state index contributed by atoms with van der Waals surface area (Å²) in [7, 11) is 1.29. The minimum atomic E-state index is -0.536. The van der Waals surface area contributed by atoms with E-state index in [2.05, 4.69) is 10.1 Å². The van der Waals surface area contributed by atoms with Crippen molar-refractivity contribution in [3.63, 3.8) is 0 Å². The molecule has 1 aromatic carbocycles. The van der Waals surface area contributed by atoms with Crippen LogP contribution in [0, 0.1) is 6.92 Å². The van der Waals surface area contributed by atoms with Crippen LogP contribution < -0.4 is 5.56 Å². The Morgan fingerprint density at radius 3 is 2.76 bits per heavy atom. The van der Waals surface area contributed by atoms with Crippen LogP contribution in [0.4, 0.5) is 0 Å². The molecule has 0 spiro atoms. The summed E-state index contributed by atoms with van der Waals surface area (Å²) in [6.45, 7) is 1.91. The number of rotatable bonds is 2. The number of nitrogens with one attached hydrogen (secondary N) is 1. The quantitative estimate of drug-likeness (QED) is 0.728. The molecule has 2 aromatic heterocycles. The van der Waals surface area contributed by atoms with Crippen LogP contribution >= 0.6 is 0 Å². The average molecular weight is 283 g/mol. The van der Waals surface area contributed by atoms with Gasteiger partial charge in [-0.15, -0.1) is 0 Å². The maximum absolute atomic E-state index is 12.5. The Morgan fingerprint density at radius 1 is 1.29 bits per heavy atom. The zero-order chi connectivity index (χ0) is 15.0. The number of aryl methyl sites for hydroxylation is 1. The average Bonchev–Trinajstić information content (AvgIpc) is 2.84. The van der Waals surface area contributed by atoms with Crippen molar-refractivity contribution < 1.29 is 9.53 Å². The number of aromatic nitrogens is 3. The minimum absolute atomic E-state index is 0.236. The predicted octanol–water partition coefficient (Wildman–Crippen LogP) is 1.81. The van der Waals surface area contributed by atoms with Crippen molar-refractivity contribution in [3.8, 4) is 5.69 Å². The van der Waals surface area contributed by atoms with Gasteiger partial charge in [-0.3, -0.25) is 14.9 Å². The number of pyridine rings is 1. The van der Waals surface area contributed by atoms with Gasteiger partial charge in [-0.2, -0.15) is 0 Å². The second-order valence-electron chi connectivity index (χ2n) is 4.64. The van der Waals surface area contributed by atoms with E-state index in [4.69, 9.17) is 4.74 Å². The third-order valence-corrected chi connectivity index (χ3v) is 3.36. The Bertz CT molecular complexity index is 893. The van der Waals surface area contributed by atoms with Gasteiger partial charge in [-0.1, -0.05) is 18.2 Å². The maximum Gasteiger partial charge on any atom is 0.341 e. The molecule has 106 valence electrons. The summed E-state index contributed by atoms with van der Waals surface area (Å²) in [4.78, 5) is 28.2. The Kier molecular flexibility index (Phi) is 3.06. The van der Waals surface area contributed by atoms with Crippen molar-refractivity contribution in [2.24, 2.45) is 0 Å². The number of carbonyl (C=O) groups is 1. The lowest BCUT2D eigenvalue weighted by Gasteiger charge is -2.04. The molecule has 0 aliphatic carbocycles. The third kappa shape index (κ3) is 2.01. The van der Waals surface area contributed by atoms with Crippen LogP contribution in [0.25, 0.3) is 16.6 Å². The molecule has 2 heterocycles. The topological polar surface area (TPSA) is 77.0 Å². The minimum Gasteiger partial charge on any atom is -0.465 e. The maximum atomic E-state index is 12.5. The fourth-order valence-corrected chi connectivity index (χ4v) is 2.27. The fourth-order valence-electron chi connectivity index (χ4n) is 2.27. The van der Waals surface area contributed by atoms with E-state index < -0.39 is 5.97 Å². The summed E-state index contributed by atoms with van der Waals surface area (Å²) in [6, 6.07) is 7.48. The highest BCUT2D eigenvalue weighted by molar-refractivity contribution is 6.01. The Labute approximate surface area is 120 Å². The van der Waals surface area contributed by atoms with E-state index in [-0.39, 0.29) is 11.1 Å². The molecule has 0 bridgehead atoms. The molecular formula is C15H13N3O3. The number of para-hydroxylation sites is 1. The van der Waals surface area contributed by atoms with Crippen LogP contribution in [-0.2, 0) is 4.74 Å². The molecular weight excluding hydrogens is 270 g/mol. The highest BCUT2D eigenvalue weighted by Crippen LogP contribution is 2.17. The molecule has 0 unspecified atom stereocenters. The molecule has 0 fully saturated rings. The van der Waals surface area contributed by atoms with Crippen molar-refractivity contribution in [1.29, 1.82) is 0 Å². The molecule has 1 N–H and O–H groups in total. The zero-order valence-corrected chi connectivity index (χ0v) is 11.6. The third-order valence-electron chi connectivity index (χ3n) is 3.36. The van der Waals surface area contributed by atoms with Crippen LogP contribution in [0.15, 0.2) is 41.5 Å². The lowest BCUT2D eigenvalue weighted by atomic mass is 10.2. The number of hydrogen-bond donors (Lipinski definition) is 1. The van der Waals surface area contributed by atoms with Gasteiger partial charge in [0.2, 0.25) is 0 Å². The molecule has 0 radical (unpaired) electrons. The standard InChI is InChI=1S/C15H13N3O3/c1-9-5-3-4-6-12(9)18-14(19)10-7-16-8-11(13(10)17-18)15(20)21-2/h3-8,17H,1-2H3. The van der Waals surface area contributed by atoms with Crippen LogP contribution in [0.2, 0.25) is 0 Å². The summed E-state index contributed by atoms with van der Waals surface area (Å²) >= 11 is 0. The normalized spacial score (nSPS) is 10.8. The number of nitrogens with zero attached hydrogens (tertiary/aromatic N) is 2. The number of benzene rings is 1. The molecule has 0 amide bonds. The summed E-state index contributed by atoms with van der Waals surface area (Å²) in [6.07, 6.45) is 2.82. The van der Waals surface area contributed by atoms with Crippen LogP contribution in [0.5, 0.6) is 0 Å². The monoisotopic (exact) mass is 283 g/mol. The van der Waals surface area contributed by atoms with Gasteiger partial charge >= 0.3 is 5.97 Å². The van der Waals surface area contributed by atoms with Gasteiger partial charge in [0, 0.05) is 12.4 Å². The lowest BCUT2D eigenvalue weighted by molar-refractivity contribution is 0.0602. The van der Waals surface area contributed by atoms with E-state index in [1.807, 2.05) is 31.2 Å². The van der Waals surface area contributed by atoms with Gasteiger partial charge < -0.3 is 4.74 Å². The van der Waals surface area contributed by atoms with Gasteiger partial charge in [-0.05, 0) is 18.6 Å². The first-order valence-electron chi connectivity index (χ1n) is 6.36. The van der Waals surface area contributed by atoms with Gasteiger partial charge in [0.15, 0.2) is 0 Å². The number of ether oxygens (including phenoxy) is 1. The van der Waals surface area contributed by atoms with Crippen LogP contribution in [0.1, 0.15) is 15.9 Å². The van der Waals surface area contributed by atoms with Crippen LogP contribution in [0.3, 0.4) is 0 Å². The van der Waals surface area contributed by atoms with Crippen molar-refractivity contribution in [2.75, 3.05) is 7.11 Å². The molecule has 0 saturated heterocycles. The number of hydrogen-bond acceptors (Lipinski definition) is 4. The van der Waals surface area contributed by atoms with Crippen molar-refractivity contribution in [1.82, 2.24) is 14.8 Å². The first-order valence-corrected chi connectivity index (χ1v) is 6.36. The molecule has 21 heavy (non-hydrogen) atoms. The van der Waals surface area contributed by atoms with Crippen molar-refractivity contribution in [3.05, 3.63) is 58.1 Å². The van der Waals surface area contributed by atoms with Crippen molar-refractivity contribution in [2.45, 2.75) is 6.92 Å². The number of carbonyl (C=O) groups excluding carboxylic acids is 1. The summed E-state index contributed by atoms with van der Waals surface area (Å²) in [5.74, 6) is -0.536. The van der Waals surface area contributed by atoms with Gasteiger partial charge in [-0.25, -0.2) is 9.48 Å². The SMILES string of the molecule is COC(=O)c1cncc2c(=O)n(-c3ccccc3C)[nH]c12. The second kappa shape index (κ2) is 4.90. The van der Waals surface area contributed by atoms with E-state index in [1.54, 1.807) is 0 Å². The number of aromatic amines is 1. The second-order valence-corrected chi connectivity index (χ2v) is 4.64. The Balaban J connectivity index is 2.33. The zero-order valence-electron chi connectivity index (χ0n) is 11.6. The first kappa shape index (κ1) is 13.1.